The maximum absolute atomic E-state index is 12.0. The van der Waals surface area contributed by atoms with E-state index >= 15 is 0 Å². The second-order valence-electron chi connectivity index (χ2n) is 7.20. The summed E-state index contributed by atoms with van der Waals surface area (Å²) < 4.78 is 0. The molecule has 1 rings (SSSR count). The summed E-state index contributed by atoms with van der Waals surface area (Å²) in [5.74, 6) is -1.83. The number of carboxylic acid groups (broad SMARTS) is 1. The molecule has 0 atom stereocenters. The fourth-order valence-electron chi connectivity index (χ4n) is 1.63. The molecule has 0 fully saturated rings. The van der Waals surface area contributed by atoms with Crippen LogP contribution in [0.15, 0.2) is 24.3 Å². The van der Waals surface area contributed by atoms with Gasteiger partial charge in [-0.15, -0.1) is 0 Å². The molecular weight excluding hydrogens is 296 g/mol. The lowest BCUT2D eigenvalue weighted by Gasteiger charge is -2.21. The lowest BCUT2D eigenvalue weighted by atomic mass is 9.97. The molecule has 0 bridgehead atoms. The van der Waals surface area contributed by atoms with Crippen molar-refractivity contribution < 1.29 is 19.5 Å². The zero-order valence-electron chi connectivity index (χ0n) is 14.2. The summed E-state index contributed by atoms with van der Waals surface area (Å²) in [6, 6.07) is 6.08. The highest BCUT2D eigenvalue weighted by molar-refractivity contribution is 5.99. The van der Waals surface area contributed by atoms with Gasteiger partial charge in [0.25, 0.3) is 11.8 Å². The number of nitrogens with one attached hydrogen (secondary N) is 2. The van der Waals surface area contributed by atoms with Crippen LogP contribution in [-0.2, 0) is 4.79 Å². The first-order valence-electron chi connectivity index (χ1n) is 7.36. The van der Waals surface area contributed by atoms with Gasteiger partial charge in [-0.2, -0.15) is 0 Å². The van der Waals surface area contributed by atoms with E-state index in [1.807, 2.05) is 20.8 Å². The average molecular weight is 320 g/mol. The van der Waals surface area contributed by atoms with Crippen LogP contribution in [0.1, 0.15) is 55.3 Å². The Labute approximate surface area is 136 Å². The molecule has 0 aliphatic heterocycles. The summed E-state index contributed by atoms with van der Waals surface area (Å²) in [7, 11) is 0. The average Bonchev–Trinajstić information content (AvgIpc) is 2.43. The number of carbonyl (C=O) groups is 3. The second-order valence-corrected chi connectivity index (χ2v) is 7.20. The quantitative estimate of drug-likeness (QED) is 0.774. The topological polar surface area (TPSA) is 95.5 Å². The van der Waals surface area contributed by atoms with Gasteiger partial charge < -0.3 is 15.7 Å². The molecule has 0 radical (unpaired) electrons. The molecule has 0 aliphatic carbocycles. The first-order chi connectivity index (χ1) is 10.4. The molecule has 1 aromatic carbocycles. The Bertz CT molecular complexity index is 598. The third-order valence-corrected chi connectivity index (χ3v) is 3.15. The zero-order chi connectivity index (χ0) is 17.8. The summed E-state index contributed by atoms with van der Waals surface area (Å²) >= 11 is 0. The fraction of sp³-hybridized carbons (Fsp3) is 0.471. The van der Waals surface area contributed by atoms with Crippen molar-refractivity contribution in [2.75, 3.05) is 6.54 Å². The lowest BCUT2D eigenvalue weighted by molar-refractivity contribution is -0.143. The zero-order valence-corrected chi connectivity index (χ0v) is 14.2. The van der Waals surface area contributed by atoms with Crippen molar-refractivity contribution in [2.24, 2.45) is 5.41 Å². The fourth-order valence-corrected chi connectivity index (χ4v) is 1.63. The molecule has 3 N–H and O–H groups in total. The normalized spacial score (nSPS) is 11.7. The SMILES string of the molecule is CC(C)(C)CNC(=O)c1ccc(C(=O)NC(C)(C)C(=O)O)cc1. The first kappa shape index (κ1) is 18.7. The van der Waals surface area contributed by atoms with Crippen molar-refractivity contribution in [3.05, 3.63) is 35.4 Å². The number of hydrogen-bond donors (Lipinski definition) is 3. The number of carboxylic acids is 1. The number of rotatable bonds is 5. The van der Waals surface area contributed by atoms with Crippen LogP contribution in [-0.4, -0.2) is 35.0 Å². The van der Waals surface area contributed by atoms with E-state index in [0.29, 0.717) is 17.7 Å². The van der Waals surface area contributed by atoms with Gasteiger partial charge in [0.2, 0.25) is 0 Å². The molecular formula is C17H24N2O4. The van der Waals surface area contributed by atoms with Crippen LogP contribution in [0.4, 0.5) is 0 Å². The standard InChI is InChI=1S/C17H24N2O4/c1-16(2,3)10-18-13(20)11-6-8-12(9-7-11)14(21)19-17(4,5)15(22)23/h6-9H,10H2,1-5H3,(H,18,20)(H,19,21)(H,22,23). The Morgan fingerprint density at radius 1 is 0.913 bits per heavy atom. The Kier molecular flexibility index (Phi) is 5.53. The van der Waals surface area contributed by atoms with Gasteiger partial charge in [-0.05, 0) is 43.5 Å². The maximum Gasteiger partial charge on any atom is 0.328 e. The van der Waals surface area contributed by atoms with E-state index in [2.05, 4.69) is 10.6 Å². The van der Waals surface area contributed by atoms with Crippen LogP contribution in [0.5, 0.6) is 0 Å². The minimum atomic E-state index is -1.36. The van der Waals surface area contributed by atoms with Crippen LogP contribution in [0.3, 0.4) is 0 Å². The lowest BCUT2D eigenvalue weighted by Crippen LogP contribution is -2.49. The molecule has 6 heteroatoms. The molecule has 6 nitrogen and oxygen atoms in total. The largest absolute Gasteiger partial charge is 0.480 e. The molecule has 0 unspecified atom stereocenters. The second kappa shape index (κ2) is 6.81. The molecule has 0 spiro atoms. The van der Waals surface area contributed by atoms with E-state index in [9.17, 15) is 14.4 Å². The minimum absolute atomic E-state index is 0.0160. The smallest absolute Gasteiger partial charge is 0.328 e. The van der Waals surface area contributed by atoms with E-state index in [-0.39, 0.29) is 11.3 Å². The highest BCUT2D eigenvalue weighted by Gasteiger charge is 2.29. The highest BCUT2D eigenvalue weighted by atomic mass is 16.4. The third-order valence-electron chi connectivity index (χ3n) is 3.15. The summed E-state index contributed by atoms with van der Waals surface area (Å²) in [6.45, 7) is 9.41. The van der Waals surface area contributed by atoms with Crippen LogP contribution in [0.2, 0.25) is 0 Å². The van der Waals surface area contributed by atoms with Gasteiger partial charge in [0.05, 0.1) is 0 Å². The highest BCUT2D eigenvalue weighted by Crippen LogP contribution is 2.12. The van der Waals surface area contributed by atoms with Crippen molar-refractivity contribution in [1.82, 2.24) is 10.6 Å². The predicted octanol–water partition coefficient (Wildman–Crippen LogP) is 2.06. The van der Waals surface area contributed by atoms with Crippen molar-refractivity contribution in [3.8, 4) is 0 Å². The summed E-state index contributed by atoms with van der Waals surface area (Å²) in [4.78, 5) is 35.0. The maximum atomic E-state index is 12.0. The van der Waals surface area contributed by atoms with E-state index in [4.69, 9.17) is 5.11 Å². The first-order valence-corrected chi connectivity index (χ1v) is 7.36. The van der Waals surface area contributed by atoms with Gasteiger partial charge >= 0.3 is 5.97 Å². The molecule has 0 saturated carbocycles. The number of hydrogen-bond acceptors (Lipinski definition) is 3. The van der Waals surface area contributed by atoms with Gasteiger partial charge in [-0.1, -0.05) is 20.8 Å². The molecule has 0 heterocycles. The van der Waals surface area contributed by atoms with Crippen molar-refractivity contribution in [3.63, 3.8) is 0 Å². The number of carbonyl (C=O) groups excluding carboxylic acids is 2. The van der Waals surface area contributed by atoms with Crippen molar-refractivity contribution in [1.29, 1.82) is 0 Å². The van der Waals surface area contributed by atoms with Crippen molar-refractivity contribution >= 4 is 17.8 Å². The van der Waals surface area contributed by atoms with Gasteiger partial charge in [-0.3, -0.25) is 9.59 Å². The van der Waals surface area contributed by atoms with Gasteiger partial charge in [0.15, 0.2) is 0 Å². The molecule has 126 valence electrons. The Morgan fingerprint density at radius 3 is 1.74 bits per heavy atom. The Hall–Kier alpha value is -2.37. The monoisotopic (exact) mass is 320 g/mol. The third kappa shape index (κ3) is 5.73. The van der Waals surface area contributed by atoms with Crippen LogP contribution in [0, 0.1) is 5.41 Å². The number of amides is 2. The van der Waals surface area contributed by atoms with Crippen molar-refractivity contribution in [2.45, 2.75) is 40.2 Å². The molecule has 1 aromatic rings. The molecule has 0 saturated heterocycles. The van der Waals surface area contributed by atoms with Gasteiger partial charge in [0, 0.05) is 17.7 Å². The summed E-state index contributed by atoms with van der Waals surface area (Å²) in [5, 5.41) is 14.3. The van der Waals surface area contributed by atoms with Crippen LogP contribution < -0.4 is 10.6 Å². The molecule has 0 aromatic heterocycles. The molecule has 23 heavy (non-hydrogen) atoms. The number of benzene rings is 1. The van der Waals surface area contributed by atoms with E-state index in [1.165, 1.54) is 26.0 Å². The Morgan fingerprint density at radius 2 is 1.35 bits per heavy atom. The minimum Gasteiger partial charge on any atom is -0.480 e. The molecule has 2 amide bonds. The van der Waals surface area contributed by atoms with Crippen LogP contribution >= 0.6 is 0 Å². The molecule has 0 aliphatic rings. The van der Waals surface area contributed by atoms with Gasteiger partial charge in [-0.25, -0.2) is 4.79 Å². The predicted molar refractivity (Wildman–Crippen MR) is 87.4 cm³/mol. The van der Waals surface area contributed by atoms with Gasteiger partial charge in [0.1, 0.15) is 5.54 Å². The number of aliphatic carboxylic acids is 1. The summed E-state index contributed by atoms with van der Waals surface area (Å²) in [6.07, 6.45) is 0. The summed E-state index contributed by atoms with van der Waals surface area (Å²) in [5.41, 5.74) is -0.632. The van der Waals surface area contributed by atoms with E-state index < -0.39 is 17.4 Å². The van der Waals surface area contributed by atoms with Crippen LogP contribution in [0.25, 0.3) is 0 Å². The van der Waals surface area contributed by atoms with E-state index in [0.717, 1.165) is 0 Å². The Balaban J connectivity index is 2.75. The van der Waals surface area contributed by atoms with E-state index in [1.54, 1.807) is 12.1 Å².